The van der Waals surface area contributed by atoms with E-state index in [0.29, 0.717) is 51.3 Å². The number of nitrogens with two attached hydrogens (primary N) is 3. The van der Waals surface area contributed by atoms with Gasteiger partial charge in [0.1, 0.15) is 11.0 Å². The average Bonchev–Trinajstić information content (AvgIpc) is 3.69. The second kappa shape index (κ2) is 14.3. The Balaban J connectivity index is 1.06. The molecule has 3 aliphatic heterocycles. The maximum Gasteiger partial charge on any atom is 0.276 e. The molecule has 1 saturated carbocycles. The molecule has 268 valence electrons. The third-order valence-electron chi connectivity index (χ3n) is 10.8. The van der Waals surface area contributed by atoms with E-state index in [2.05, 4.69) is 4.98 Å². The number of alkyl halides is 2. The van der Waals surface area contributed by atoms with Gasteiger partial charge in [-0.2, -0.15) is 4.31 Å². The third kappa shape index (κ3) is 7.29. The summed E-state index contributed by atoms with van der Waals surface area (Å²) in [4.78, 5) is 34.9. The molecule has 12 nitrogen and oxygen atoms in total. The third-order valence-corrected chi connectivity index (χ3v) is 12.9. The number of anilines is 2. The number of likely N-dealkylation sites (tertiary alicyclic amines) is 1. The van der Waals surface area contributed by atoms with Gasteiger partial charge in [-0.1, -0.05) is 11.6 Å². The SMILES string of the molecule is NCC1CN(C(=O)C2CCC(C(F)(F)c3cc(Cl)nc(N4CCN(S(=O)(=O)c5ccc(N6C[C@H](N)CC6=O)cc5)CC4)c3)CC2)CC1CN. The number of halogens is 3. The summed E-state index contributed by atoms with van der Waals surface area (Å²) in [5, 5.41) is -0.0680. The minimum absolute atomic E-state index is 0.00681. The number of nitrogens with zero attached hydrogens (tertiary/aromatic N) is 5. The van der Waals surface area contributed by atoms with Gasteiger partial charge in [-0.05, 0) is 87.0 Å². The van der Waals surface area contributed by atoms with Crippen molar-refractivity contribution in [2.75, 3.05) is 68.7 Å². The van der Waals surface area contributed by atoms with E-state index in [9.17, 15) is 18.0 Å². The number of rotatable bonds is 9. The van der Waals surface area contributed by atoms with Gasteiger partial charge in [0.25, 0.3) is 5.92 Å². The van der Waals surface area contributed by atoms with Crippen LogP contribution in [0.25, 0.3) is 0 Å². The predicted octanol–water partition coefficient (Wildman–Crippen LogP) is 2.20. The second-order valence-electron chi connectivity index (χ2n) is 13.8. The normalized spacial score (nSPS) is 27.3. The van der Waals surface area contributed by atoms with Crippen molar-refractivity contribution in [1.82, 2.24) is 14.2 Å². The van der Waals surface area contributed by atoms with Gasteiger partial charge in [-0.15, -0.1) is 0 Å². The van der Waals surface area contributed by atoms with Crippen LogP contribution >= 0.6 is 11.6 Å². The Hall–Kier alpha value is -2.95. The highest BCUT2D eigenvalue weighted by molar-refractivity contribution is 7.89. The van der Waals surface area contributed by atoms with E-state index in [0.717, 1.165) is 0 Å². The van der Waals surface area contributed by atoms with Crippen molar-refractivity contribution in [1.29, 1.82) is 0 Å². The van der Waals surface area contributed by atoms with E-state index in [-0.39, 0.29) is 102 Å². The smallest absolute Gasteiger partial charge is 0.276 e. The molecule has 16 heteroatoms. The zero-order chi connectivity index (χ0) is 35.1. The Labute approximate surface area is 290 Å². The molecule has 6 N–H and O–H groups in total. The van der Waals surface area contributed by atoms with Crippen LogP contribution in [-0.2, 0) is 25.5 Å². The minimum Gasteiger partial charge on any atom is -0.354 e. The van der Waals surface area contributed by atoms with Gasteiger partial charge in [0, 0.05) is 81.4 Å². The zero-order valence-corrected chi connectivity index (χ0v) is 29.0. The lowest BCUT2D eigenvalue weighted by atomic mass is 9.77. The summed E-state index contributed by atoms with van der Waals surface area (Å²) in [5.74, 6) is -3.94. The zero-order valence-electron chi connectivity index (χ0n) is 27.4. The van der Waals surface area contributed by atoms with Crippen LogP contribution in [0.3, 0.4) is 0 Å². The van der Waals surface area contributed by atoms with Crippen LogP contribution in [0, 0.1) is 23.7 Å². The highest BCUT2D eigenvalue weighted by Gasteiger charge is 2.46. The van der Waals surface area contributed by atoms with Crippen LogP contribution in [-0.4, -0.2) is 99.4 Å². The minimum atomic E-state index is -3.84. The number of carbonyl (C=O) groups is 2. The lowest BCUT2D eigenvalue weighted by Crippen LogP contribution is -2.49. The number of hydrogen-bond acceptors (Lipinski definition) is 9. The van der Waals surface area contributed by atoms with Crippen molar-refractivity contribution >= 4 is 44.9 Å². The summed E-state index contributed by atoms with van der Waals surface area (Å²) in [5.41, 5.74) is 18.0. The summed E-state index contributed by atoms with van der Waals surface area (Å²) < 4.78 is 60.3. The number of piperazine rings is 1. The van der Waals surface area contributed by atoms with Crippen LogP contribution in [0.2, 0.25) is 5.15 Å². The predicted molar refractivity (Wildman–Crippen MR) is 183 cm³/mol. The Morgan fingerprint density at radius 3 is 2.10 bits per heavy atom. The summed E-state index contributed by atoms with van der Waals surface area (Å²) in [6.07, 6.45) is 1.41. The molecule has 2 amide bonds. The van der Waals surface area contributed by atoms with Crippen molar-refractivity contribution in [2.24, 2.45) is 40.9 Å². The topological polar surface area (TPSA) is 172 Å². The van der Waals surface area contributed by atoms with E-state index in [1.807, 2.05) is 4.90 Å². The largest absolute Gasteiger partial charge is 0.354 e. The van der Waals surface area contributed by atoms with Crippen LogP contribution in [0.4, 0.5) is 20.3 Å². The second-order valence-corrected chi connectivity index (χ2v) is 16.1. The summed E-state index contributed by atoms with van der Waals surface area (Å²) in [7, 11) is -3.84. The van der Waals surface area contributed by atoms with E-state index in [1.54, 1.807) is 21.9 Å². The van der Waals surface area contributed by atoms with Crippen LogP contribution in [0.15, 0.2) is 41.3 Å². The van der Waals surface area contributed by atoms with E-state index >= 15 is 8.78 Å². The fourth-order valence-corrected chi connectivity index (χ4v) is 9.40. The standard InChI is InChI=1S/C33H45ClF2N8O4S/c34-29-13-25(33(35,36)24-3-1-21(2-4-24)32(46)42-18-22(16-37)23(17-38)19-42)14-30(40-29)41-9-11-43(12-10-41)49(47,48)28-7-5-27(6-8-28)44-20-26(39)15-31(44)45/h5-8,13-14,21-24,26H,1-4,9-12,15-20,37-39H2/t21?,22?,23?,24?,26-/m1/s1. The number of benzene rings is 1. The fourth-order valence-electron chi connectivity index (χ4n) is 7.78. The lowest BCUT2D eigenvalue weighted by molar-refractivity contribution is -0.138. The number of hydrogen-bond donors (Lipinski definition) is 3. The maximum atomic E-state index is 16.0. The van der Waals surface area contributed by atoms with Gasteiger partial charge < -0.3 is 31.9 Å². The van der Waals surface area contributed by atoms with Crippen molar-refractivity contribution in [3.63, 3.8) is 0 Å². The van der Waals surface area contributed by atoms with Crippen molar-refractivity contribution in [3.8, 4) is 0 Å². The fraction of sp³-hybridized carbons (Fsp3) is 0.606. The molecule has 1 aromatic heterocycles. The number of aromatic nitrogens is 1. The first kappa shape index (κ1) is 35.9. The van der Waals surface area contributed by atoms with Gasteiger partial charge in [0.2, 0.25) is 21.8 Å². The molecule has 0 radical (unpaired) electrons. The molecule has 0 bridgehead atoms. The monoisotopic (exact) mass is 722 g/mol. The molecular weight excluding hydrogens is 678 g/mol. The molecule has 0 spiro atoms. The first-order valence-electron chi connectivity index (χ1n) is 17.0. The quantitative estimate of drug-likeness (QED) is 0.328. The van der Waals surface area contributed by atoms with Gasteiger partial charge in [-0.25, -0.2) is 22.2 Å². The molecular formula is C33H45ClF2N8O4S. The number of amides is 2. The van der Waals surface area contributed by atoms with Crippen LogP contribution in [0.5, 0.6) is 0 Å². The van der Waals surface area contributed by atoms with E-state index in [1.165, 1.54) is 28.6 Å². The molecule has 4 aliphatic rings. The van der Waals surface area contributed by atoms with E-state index < -0.39 is 21.9 Å². The van der Waals surface area contributed by atoms with Gasteiger partial charge in [0.15, 0.2) is 0 Å². The summed E-state index contributed by atoms with van der Waals surface area (Å²) in [6.45, 7) is 3.15. The maximum absolute atomic E-state index is 16.0. The molecule has 4 heterocycles. The summed E-state index contributed by atoms with van der Waals surface area (Å²) in [6, 6.07) is 8.45. The lowest BCUT2D eigenvalue weighted by Gasteiger charge is -2.36. The van der Waals surface area contributed by atoms with Crippen LogP contribution in [0.1, 0.15) is 37.7 Å². The first-order chi connectivity index (χ1) is 23.3. The van der Waals surface area contributed by atoms with E-state index in [4.69, 9.17) is 28.8 Å². The number of pyridine rings is 1. The molecule has 3 atom stereocenters. The van der Waals surface area contributed by atoms with Crippen molar-refractivity contribution in [2.45, 2.75) is 49.0 Å². The number of sulfonamides is 1. The highest BCUT2D eigenvalue weighted by atomic mass is 35.5. The van der Waals surface area contributed by atoms with Crippen LogP contribution < -0.4 is 27.0 Å². The molecule has 3 saturated heterocycles. The average molecular weight is 723 g/mol. The Morgan fingerprint density at radius 1 is 0.939 bits per heavy atom. The number of carbonyl (C=O) groups excluding carboxylic acids is 2. The Kier molecular flexibility index (Phi) is 10.5. The Bertz CT molecular complexity index is 1620. The molecule has 6 rings (SSSR count). The van der Waals surface area contributed by atoms with Gasteiger partial charge in [-0.3, -0.25) is 9.59 Å². The Morgan fingerprint density at radius 2 is 1.55 bits per heavy atom. The molecule has 49 heavy (non-hydrogen) atoms. The summed E-state index contributed by atoms with van der Waals surface area (Å²) >= 11 is 6.28. The van der Waals surface area contributed by atoms with Gasteiger partial charge in [0.05, 0.1) is 4.90 Å². The highest BCUT2D eigenvalue weighted by Crippen LogP contribution is 2.46. The van der Waals surface area contributed by atoms with Crippen molar-refractivity contribution < 1.29 is 26.8 Å². The van der Waals surface area contributed by atoms with Gasteiger partial charge >= 0.3 is 0 Å². The molecule has 1 aliphatic carbocycles. The first-order valence-corrected chi connectivity index (χ1v) is 18.8. The molecule has 2 unspecified atom stereocenters. The molecule has 1 aromatic carbocycles. The molecule has 4 fully saturated rings. The molecule has 2 aromatic rings. The van der Waals surface area contributed by atoms with Crippen molar-refractivity contribution in [3.05, 3.63) is 47.1 Å².